The molecule has 4 rings (SSSR count). The van der Waals surface area contributed by atoms with E-state index >= 15 is 0 Å². The Morgan fingerprint density at radius 2 is 1.78 bits per heavy atom. The summed E-state index contributed by atoms with van der Waals surface area (Å²) in [5.41, 5.74) is 2.71. The van der Waals surface area contributed by atoms with Gasteiger partial charge in [-0.1, -0.05) is 55.1 Å². The lowest BCUT2D eigenvalue weighted by atomic mass is 9.96. The van der Waals surface area contributed by atoms with Crippen LogP contribution >= 0.6 is 11.6 Å². The maximum atomic E-state index is 13.2. The molecule has 0 amide bonds. The van der Waals surface area contributed by atoms with Crippen molar-refractivity contribution in [1.82, 2.24) is 9.29 Å². The Kier molecular flexibility index (Phi) is 5.01. The van der Waals surface area contributed by atoms with E-state index in [0.29, 0.717) is 0 Å². The van der Waals surface area contributed by atoms with Gasteiger partial charge in [-0.2, -0.15) is 4.31 Å². The number of sulfonamides is 1. The number of aromatic amines is 1. The Hall–Kier alpha value is -1.82. The Labute approximate surface area is 165 Å². The number of halogens is 1. The monoisotopic (exact) mass is 402 g/mol. The Morgan fingerprint density at radius 3 is 2.52 bits per heavy atom. The van der Waals surface area contributed by atoms with Crippen LogP contribution in [0.5, 0.6) is 0 Å². The zero-order valence-electron chi connectivity index (χ0n) is 15.3. The molecule has 1 aromatic heterocycles. The fourth-order valence-corrected chi connectivity index (χ4v) is 5.81. The van der Waals surface area contributed by atoms with E-state index in [2.05, 4.69) is 4.98 Å². The number of benzene rings is 2. The molecule has 6 heteroatoms. The van der Waals surface area contributed by atoms with Gasteiger partial charge in [-0.25, -0.2) is 8.42 Å². The van der Waals surface area contributed by atoms with Crippen LogP contribution in [0.25, 0.3) is 22.2 Å². The third-order valence-corrected chi connectivity index (χ3v) is 7.91. The zero-order valence-corrected chi connectivity index (χ0v) is 16.9. The van der Waals surface area contributed by atoms with Crippen LogP contribution in [0.2, 0.25) is 5.02 Å². The van der Waals surface area contributed by atoms with Crippen molar-refractivity contribution >= 4 is 32.5 Å². The summed E-state index contributed by atoms with van der Waals surface area (Å²) in [5.74, 6) is 0. The van der Waals surface area contributed by atoms with E-state index in [9.17, 15) is 8.42 Å². The highest BCUT2D eigenvalue weighted by Crippen LogP contribution is 2.33. The molecule has 2 aromatic carbocycles. The van der Waals surface area contributed by atoms with Crippen molar-refractivity contribution in [3.63, 3.8) is 0 Å². The predicted molar refractivity (Wildman–Crippen MR) is 111 cm³/mol. The lowest BCUT2D eigenvalue weighted by molar-refractivity contribution is 0.286. The molecule has 0 atom stereocenters. The van der Waals surface area contributed by atoms with Crippen LogP contribution in [0.4, 0.5) is 0 Å². The van der Waals surface area contributed by atoms with Crippen LogP contribution in [0.15, 0.2) is 53.4 Å². The first kappa shape index (κ1) is 18.5. The van der Waals surface area contributed by atoms with Crippen molar-refractivity contribution in [1.29, 1.82) is 0 Å². The van der Waals surface area contributed by atoms with E-state index in [0.717, 1.165) is 47.8 Å². The van der Waals surface area contributed by atoms with Gasteiger partial charge >= 0.3 is 0 Å². The van der Waals surface area contributed by atoms with E-state index in [1.807, 2.05) is 36.4 Å². The van der Waals surface area contributed by atoms with Crippen LogP contribution in [-0.4, -0.2) is 30.8 Å². The average molecular weight is 403 g/mol. The Morgan fingerprint density at radius 1 is 1.04 bits per heavy atom. The fraction of sp³-hybridized carbons (Fsp3) is 0.333. The highest BCUT2D eigenvalue weighted by molar-refractivity contribution is 7.89. The number of nitrogens with zero attached hydrogens (tertiary/aromatic N) is 1. The van der Waals surface area contributed by atoms with Crippen LogP contribution in [0.1, 0.15) is 32.1 Å². The number of H-pyrrole nitrogens is 1. The second-order valence-electron chi connectivity index (χ2n) is 7.23. The summed E-state index contributed by atoms with van der Waals surface area (Å²) in [5, 5.41) is 1.35. The minimum absolute atomic E-state index is 0.0524. The maximum Gasteiger partial charge on any atom is 0.244 e. The second kappa shape index (κ2) is 7.30. The molecule has 0 saturated heterocycles. The van der Waals surface area contributed by atoms with Gasteiger partial charge in [0.05, 0.1) is 5.02 Å². The molecule has 1 aliphatic rings. The summed E-state index contributed by atoms with van der Waals surface area (Å²) in [6.07, 6.45) is 5.16. The maximum absolute atomic E-state index is 13.2. The second-order valence-corrected chi connectivity index (χ2v) is 9.60. The van der Waals surface area contributed by atoms with Gasteiger partial charge in [0, 0.05) is 29.7 Å². The van der Waals surface area contributed by atoms with E-state index in [1.54, 1.807) is 19.2 Å². The summed E-state index contributed by atoms with van der Waals surface area (Å²) in [4.78, 5) is 3.53. The molecular formula is C21H23ClN2O2S. The summed E-state index contributed by atoms with van der Waals surface area (Å²) >= 11 is 6.31. The molecular weight excluding hydrogens is 380 g/mol. The molecule has 1 fully saturated rings. The summed E-state index contributed by atoms with van der Waals surface area (Å²) in [7, 11) is -1.96. The molecule has 0 aliphatic heterocycles. The summed E-state index contributed by atoms with van der Waals surface area (Å²) in [6.45, 7) is 0. The number of fused-ring (bicyclic) bond motifs is 1. The molecule has 0 radical (unpaired) electrons. The first-order valence-electron chi connectivity index (χ1n) is 9.32. The lowest BCUT2D eigenvalue weighted by Gasteiger charge is -2.30. The fourth-order valence-electron chi connectivity index (χ4n) is 3.89. The van der Waals surface area contributed by atoms with Gasteiger partial charge in [0.2, 0.25) is 10.0 Å². The summed E-state index contributed by atoms with van der Waals surface area (Å²) in [6, 6.07) is 15.3. The smallest absolute Gasteiger partial charge is 0.244 e. The van der Waals surface area contributed by atoms with E-state index in [-0.39, 0.29) is 16.0 Å². The minimum atomic E-state index is -3.64. The molecule has 142 valence electrons. The molecule has 27 heavy (non-hydrogen) atoms. The van der Waals surface area contributed by atoms with Crippen molar-refractivity contribution in [3.8, 4) is 11.3 Å². The third kappa shape index (κ3) is 3.51. The van der Waals surface area contributed by atoms with Crippen LogP contribution in [-0.2, 0) is 10.0 Å². The number of para-hydroxylation sites is 1. The minimum Gasteiger partial charge on any atom is -0.355 e. The molecule has 0 bridgehead atoms. The Balaban J connectivity index is 1.73. The van der Waals surface area contributed by atoms with Gasteiger partial charge in [0.15, 0.2) is 0 Å². The zero-order chi connectivity index (χ0) is 19.0. The SMILES string of the molecule is CN(C1CCCCC1)S(=O)(=O)c1cc(-c2cc3ccccc3[nH]2)ccc1Cl. The van der Waals surface area contributed by atoms with Gasteiger partial charge in [-0.3, -0.25) is 0 Å². The van der Waals surface area contributed by atoms with Gasteiger partial charge in [-0.15, -0.1) is 0 Å². The molecule has 0 unspecified atom stereocenters. The van der Waals surface area contributed by atoms with E-state index in [1.165, 1.54) is 10.7 Å². The number of hydrogen-bond donors (Lipinski definition) is 1. The van der Waals surface area contributed by atoms with Gasteiger partial charge in [-0.05, 0) is 42.7 Å². The van der Waals surface area contributed by atoms with Crippen molar-refractivity contribution in [2.75, 3.05) is 7.05 Å². The average Bonchev–Trinajstić information content (AvgIpc) is 3.12. The van der Waals surface area contributed by atoms with Gasteiger partial charge < -0.3 is 4.98 Å². The van der Waals surface area contributed by atoms with Crippen molar-refractivity contribution in [2.24, 2.45) is 0 Å². The lowest BCUT2D eigenvalue weighted by Crippen LogP contribution is -2.38. The topological polar surface area (TPSA) is 53.2 Å². The highest BCUT2D eigenvalue weighted by Gasteiger charge is 2.30. The number of hydrogen-bond acceptors (Lipinski definition) is 2. The third-order valence-electron chi connectivity index (χ3n) is 5.52. The number of rotatable bonds is 4. The standard InChI is InChI=1S/C21H23ClN2O2S/c1-24(17-8-3-2-4-9-17)27(25,26)21-14-16(11-12-18(21)22)20-13-15-7-5-6-10-19(15)23-20/h5-7,10-14,17,23H,2-4,8-9H2,1H3. The van der Waals surface area contributed by atoms with E-state index < -0.39 is 10.0 Å². The van der Waals surface area contributed by atoms with Gasteiger partial charge in [0.1, 0.15) is 4.90 Å². The predicted octanol–water partition coefficient (Wildman–Crippen LogP) is 5.44. The molecule has 3 aromatic rings. The number of aromatic nitrogens is 1. The quantitative estimate of drug-likeness (QED) is 0.631. The number of nitrogens with one attached hydrogen (secondary N) is 1. The molecule has 1 heterocycles. The van der Waals surface area contributed by atoms with E-state index in [4.69, 9.17) is 11.6 Å². The molecule has 0 spiro atoms. The van der Waals surface area contributed by atoms with Crippen molar-refractivity contribution < 1.29 is 8.42 Å². The van der Waals surface area contributed by atoms with Crippen LogP contribution in [0, 0.1) is 0 Å². The van der Waals surface area contributed by atoms with Gasteiger partial charge in [0.25, 0.3) is 0 Å². The Bertz CT molecular complexity index is 1040. The normalized spacial score (nSPS) is 16.3. The molecule has 1 aliphatic carbocycles. The first-order chi connectivity index (χ1) is 13.0. The molecule has 1 saturated carbocycles. The summed E-state index contributed by atoms with van der Waals surface area (Å²) < 4.78 is 28.0. The molecule has 4 nitrogen and oxygen atoms in total. The highest BCUT2D eigenvalue weighted by atomic mass is 35.5. The van der Waals surface area contributed by atoms with Crippen LogP contribution in [0.3, 0.4) is 0 Å². The first-order valence-corrected chi connectivity index (χ1v) is 11.1. The largest absolute Gasteiger partial charge is 0.355 e. The van der Waals surface area contributed by atoms with Crippen molar-refractivity contribution in [3.05, 3.63) is 53.6 Å². The van der Waals surface area contributed by atoms with Crippen LogP contribution < -0.4 is 0 Å². The van der Waals surface area contributed by atoms with Crippen molar-refractivity contribution in [2.45, 2.75) is 43.0 Å². The molecule has 1 N–H and O–H groups in total.